The SMILES string of the molecule is C/C=C/c1cncc(B2OC(C)(C)C(C)(C)O2)c1. The molecule has 0 unspecified atom stereocenters. The van der Waals surface area contributed by atoms with Crippen molar-refractivity contribution in [2.45, 2.75) is 45.8 Å². The lowest BCUT2D eigenvalue weighted by atomic mass is 9.80. The van der Waals surface area contributed by atoms with E-state index < -0.39 is 0 Å². The highest BCUT2D eigenvalue weighted by Gasteiger charge is 2.51. The molecule has 2 heterocycles. The van der Waals surface area contributed by atoms with Gasteiger partial charge in [0.2, 0.25) is 0 Å². The van der Waals surface area contributed by atoms with Crippen LogP contribution in [0.4, 0.5) is 0 Å². The van der Waals surface area contributed by atoms with E-state index in [1.165, 1.54) is 0 Å². The smallest absolute Gasteiger partial charge is 0.399 e. The lowest BCUT2D eigenvalue weighted by Crippen LogP contribution is -2.41. The molecule has 0 N–H and O–H groups in total. The van der Waals surface area contributed by atoms with E-state index in [1.54, 1.807) is 6.20 Å². The van der Waals surface area contributed by atoms with Gasteiger partial charge in [0.15, 0.2) is 0 Å². The average molecular weight is 245 g/mol. The van der Waals surface area contributed by atoms with Gasteiger partial charge in [-0.25, -0.2) is 0 Å². The van der Waals surface area contributed by atoms with Gasteiger partial charge in [-0.15, -0.1) is 0 Å². The summed E-state index contributed by atoms with van der Waals surface area (Å²) in [5.41, 5.74) is 1.40. The molecule has 2 rings (SSSR count). The van der Waals surface area contributed by atoms with Crippen molar-refractivity contribution >= 4 is 18.7 Å². The second kappa shape index (κ2) is 4.52. The second-order valence-electron chi connectivity index (χ2n) is 5.64. The number of nitrogens with zero attached hydrogens (tertiary/aromatic N) is 1. The Kier molecular flexibility index (Phi) is 3.34. The Morgan fingerprint density at radius 3 is 2.28 bits per heavy atom. The quantitative estimate of drug-likeness (QED) is 0.750. The van der Waals surface area contributed by atoms with Gasteiger partial charge in [-0.05, 0) is 40.2 Å². The Bertz CT molecular complexity index is 453. The molecule has 0 radical (unpaired) electrons. The Morgan fingerprint density at radius 1 is 1.11 bits per heavy atom. The Morgan fingerprint density at radius 2 is 1.72 bits per heavy atom. The van der Waals surface area contributed by atoms with Crippen molar-refractivity contribution in [2.24, 2.45) is 0 Å². The van der Waals surface area contributed by atoms with Crippen LogP contribution in [-0.4, -0.2) is 23.3 Å². The van der Waals surface area contributed by atoms with Crippen molar-refractivity contribution in [3.05, 3.63) is 30.1 Å². The number of aromatic nitrogens is 1. The molecule has 0 aromatic carbocycles. The topological polar surface area (TPSA) is 31.4 Å². The van der Waals surface area contributed by atoms with Crippen molar-refractivity contribution in [1.29, 1.82) is 0 Å². The fourth-order valence-electron chi connectivity index (χ4n) is 1.87. The first-order chi connectivity index (χ1) is 8.36. The summed E-state index contributed by atoms with van der Waals surface area (Å²) in [6.07, 6.45) is 7.64. The summed E-state index contributed by atoms with van der Waals surface area (Å²) in [6.45, 7) is 10.2. The Labute approximate surface area is 109 Å². The van der Waals surface area contributed by atoms with Gasteiger partial charge in [0.25, 0.3) is 0 Å². The molecule has 1 fully saturated rings. The third-order valence-corrected chi connectivity index (χ3v) is 3.67. The number of pyridine rings is 1. The molecule has 0 bridgehead atoms. The third-order valence-electron chi connectivity index (χ3n) is 3.67. The molecule has 0 saturated carbocycles. The van der Waals surface area contributed by atoms with Crippen molar-refractivity contribution in [3.63, 3.8) is 0 Å². The van der Waals surface area contributed by atoms with Crippen LogP contribution in [0.25, 0.3) is 6.08 Å². The lowest BCUT2D eigenvalue weighted by molar-refractivity contribution is 0.00578. The maximum Gasteiger partial charge on any atom is 0.496 e. The molecule has 0 amide bonds. The van der Waals surface area contributed by atoms with E-state index in [-0.39, 0.29) is 18.3 Å². The normalized spacial score (nSPS) is 21.7. The molecular formula is C14H20BNO2. The highest BCUT2D eigenvalue weighted by Crippen LogP contribution is 2.36. The van der Waals surface area contributed by atoms with Gasteiger partial charge in [0, 0.05) is 17.9 Å². The van der Waals surface area contributed by atoms with E-state index in [2.05, 4.69) is 38.7 Å². The summed E-state index contributed by atoms with van der Waals surface area (Å²) in [5.74, 6) is 0. The number of rotatable bonds is 2. The minimum absolute atomic E-state index is 0.311. The highest BCUT2D eigenvalue weighted by atomic mass is 16.7. The lowest BCUT2D eigenvalue weighted by Gasteiger charge is -2.32. The van der Waals surface area contributed by atoms with Crippen LogP contribution in [0, 0.1) is 0 Å². The van der Waals surface area contributed by atoms with Crippen LogP contribution >= 0.6 is 0 Å². The summed E-state index contributed by atoms with van der Waals surface area (Å²) < 4.78 is 12.0. The van der Waals surface area contributed by atoms with Crippen molar-refractivity contribution < 1.29 is 9.31 Å². The maximum atomic E-state index is 6.00. The molecule has 3 nitrogen and oxygen atoms in total. The van der Waals surface area contributed by atoms with Gasteiger partial charge in [0.1, 0.15) is 0 Å². The molecule has 1 aromatic rings. The zero-order valence-electron chi connectivity index (χ0n) is 11.7. The predicted octanol–water partition coefficient (Wildman–Crippen LogP) is 2.41. The van der Waals surface area contributed by atoms with Crippen LogP contribution in [0.2, 0.25) is 0 Å². The molecule has 96 valence electrons. The molecule has 1 saturated heterocycles. The standard InChI is InChI=1S/C14H20BNO2/c1-6-7-11-8-12(10-16-9-11)15-17-13(2,3)14(4,5)18-15/h6-10H,1-5H3/b7-6+. The van der Waals surface area contributed by atoms with E-state index in [1.807, 2.05) is 25.3 Å². The van der Waals surface area contributed by atoms with Gasteiger partial charge in [-0.3, -0.25) is 4.98 Å². The first-order valence-corrected chi connectivity index (χ1v) is 6.29. The Balaban J connectivity index is 2.27. The Hall–Kier alpha value is -1.13. The van der Waals surface area contributed by atoms with E-state index in [0.717, 1.165) is 11.0 Å². The number of hydrogen-bond donors (Lipinski definition) is 0. The molecule has 0 aliphatic carbocycles. The van der Waals surface area contributed by atoms with Crippen molar-refractivity contribution in [2.75, 3.05) is 0 Å². The molecule has 1 aromatic heterocycles. The largest absolute Gasteiger partial charge is 0.496 e. The van der Waals surface area contributed by atoms with E-state index >= 15 is 0 Å². The minimum Gasteiger partial charge on any atom is -0.399 e. The molecular weight excluding hydrogens is 225 g/mol. The summed E-state index contributed by atoms with van der Waals surface area (Å²) in [6, 6.07) is 2.05. The predicted molar refractivity (Wildman–Crippen MR) is 74.7 cm³/mol. The fraction of sp³-hybridized carbons (Fsp3) is 0.500. The number of hydrogen-bond acceptors (Lipinski definition) is 3. The van der Waals surface area contributed by atoms with Crippen molar-refractivity contribution in [1.82, 2.24) is 4.98 Å². The molecule has 18 heavy (non-hydrogen) atoms. The minimum atomic E-state index is -0.340. The van der Waals surface area contributed by atoms with E-state index in [0.29, 0.717) is 0 Å². The first-order valence-electron chi connectivity index (χ1n) is 6.29. The summed E-state index contributed by atoms with van der Waals surface area (Å²) in [7, 11) is -0.340. The van der Waals surface area contributed by atoms with Crippen molar-refractivity contribution in [3.8, 4) is 0 Å². The van der Waals surface area contributed by atoms with Crippen LogP contribution in [0.3, 0.4) is 0 Å². The van der Waals surface area contributed by atoms with Gasteiger partial charge in [-0.1, -0.05) is 18.2 Å². The first kappa shape index (κ1) is 13.3. The maximum absolute atomic E-state index is 6.00. The second-order valence-corrected chi connectivity index (χ2v) is 5.64. The van der Waals surface area contributed by atoms with E-state index in [9.17, 15) is 0 Å². The summed E-state index contributed by atoms with van der Waals surface area (Å²) >= 11 is 0. The molecule has 1 aliphatic heterocycles. The zero-order chi connectivity index (χ0) is 13.4. The monoisotopic (exact) mass is 245 g/mol. The fourth-order valence-corrected chi connectivity index (χ4v) is 1.87. The highest BCUT2D eigenvalue weighted by molar-refractivity contribution is 6.62. The van der Waals surface area contributed by atoms with Gasteiger partial charge >= 0.3 is 7.12 Å². The van der Waals surface area contributed by atoms with Crippen LogP contribution in [0.15, 0.2) is 24.5 Å². The molecule has 0 atom stereocenters. The van der Waals surface area contributed by atoms with Crippen LogP contribution in [0.1, 0.15) is 40.2 Å². The van der Waals surface area contributed by atoms with E-state index in [4.69, 9.17) is 9.31 Å². The molecule has 0 spiro atoms. The van der Waals surface area contributed by atoms with Gasteiger partial charge in [-0.2, -0.15) is 0 Å². The summed E-state index contributed by atoms with van der Waals surface area (Å²) in [5, 5.41) is 0. The number of allylic oxidation sites excluding steroid dienone is 1. The average Bonchev–Trinajstić information content (AvgIpc) is 2.49. The van der Waals surface area contributed by atoms with Crippen LogP contribution in [-0.2, 0) is 9.31 Å². The van der Waals surface area contributed by atoms with Gasteiger partial charge in [0.05, 0.1) is 11.2 Å². The zero-order valence-corrected chi connectivity index (χ0v) is 11.7. The van der Waals surface area contributed by atoms with Crippen LogP contribution < -0.4 is 5.46 Å². The van der Waals surface area contributed by atoms with Crippen LogP contribution in [0.5, 0.6) is 0 Å². The molecule has 4 heteroatoms. The summed E-state index contributed by atoms with van der Waals surface area (Å²) in [4.78, 5) is 4.23. The molecule has 1 aliphatic rings. The van der Waals surface area contributed by atoms with Gasteiger partial charge < -0.3 is 9.31 Å². The third kappa shape index (κ3) is 2.35.